The Hall–Kier alpha value is -2.64. The number of aryl methyl sites for hydroxylation is 1. The first-order chi connectivity index (χ1) is 12.9. The number of nitrogens with one attached hydrogen (secondary N) is 2. The number of amides is 1. The Balaban J connectivity index is 2.03. The smallest absolute Gasteiger partial charge is 0.265 e. The van der Waals surface area contributed by atoms with Crippen molar-refractivity contribution in [3.63, 3.8) is 0 Å². The molecule has 0 aliphatic rings. The van der Waals surface area contributed by atoms with Gasteiger partial charge in [-0.1, -0.05) is 30.7 Å². The van der Waals surface area contributed by atoms with Gasteiger partial charge in [0.15, 0.2) is 6.10 Å². The second kappa shape index (κ2) is 9.34. The lowest BCUT2D eigenvalue weighted by Gasteiger charge is -2.17. The first-order valence-electron chi connectivity index (χ1n) is 8.60. The average molecular weight is 388 g/mol. The SMILES string of the molecule is C=CCNS(=O)(=O)c1ccc(NC(=O)C(CC)Oc2ccc(C)cc2)cc1. The van der Waals surface area contributed by atoms with Crippen molar-refractivity contribution in [3.05, 3.63) is 66.7 Å². The van der Waals surface area contributed by atoms with Crippen LogP contribution in [0.4, 0.5) is 5.69 Å². The number of rotatable bonds is 9. The van der Waals surface area contributed by atoms with Crippen LogP contribution in [0, 0.1) is 6.92 Å². The van der Waals surface area contributed by atoms with Crippen molar-refractivity contribution in [3.8, 4) is 5.75 Å². The fourth-order valence-corrected chi connectivity index (χ4v) is 3.29. The molecule has 0 aliphatic carbocycles. The Bertz CT molecular complexity index is 875. The summed E-state index contributed by atoms with van der Waals surface area (Å²) in [6, 6.07) is 13.4. The first kappa shape index (κ1) is 20.7. The van der Waals surface area contributed by atoms with E-state index in [1.165, 1.54) is 18.2 Å². The highest BCUT2D eigenvalue weighted by molar-refractivity contribution is 7.89. The predicted octanol–water partition coefficient (Wildman–Crippen LogP) is 3.26. The van der Waals surface area contributed by atoms with Crippen LogP contribution in [0.1, 0.15) is 18.9 Å². The van der Waals surface area contributed by atoms with Crippen LogP contribution >= 0.6 is 0 Å². The normalized spacial score (nSPS) is 12.2. The zero-order chi connectivity index (χ0) is 19.9. The molecule has 2 rings (SSSR count). The van der Waals surface area contributed by atoms with E-state index in [1.807, 2.05) is 38.1 Å². The van der Waals surface area contributed by atoms with Gasteiger partial charge in [0, 0.05) is 12.2 Å². The highest BCUT2D eigenvalue weighted by atomic mass is 32.2. The molecule has 0 spiro atoms. The number of sulfonamides is 1. The average Bonchev–Trinajstić information content (AvgIpc) is 2.66. The van der Waals surface area contributed by atoms with Gasteiger partial charge in [-0.3, -0.25) is 4.79 Å². The third-order valence-corrected chi connectivity index (χ3v) is 5.25. The Labute approximate surface area is 160 Å². The summed E-state index contributed by atoms with van der Waals surface area (Å²) < 4.78 is 32.2. The molecule has 2 aromatic rings. The van der Waals surface area contributed by atoms with Crippen molar-refractivity contribution in [1.29, 1.82) is 0 Å². The zero-order valence-electron chi connectivity index (χ0n) is 15.4. The quantitative estimate of drug-likeness (QED) is 0.646. The minimum absolute atomic E-state index is 0.116. The van der Waals surface area contributed by atoms with Crippen LogP contribution in [-0.2, 0) is 14.8 Å². The van der Waals surface area contributed by atoms with Gasteiger partial charge in [-0.05, 0) is 49.7 Å². The van der Waals surface area contributed by atoms with E-state index in [0.29, 0.717) is 17.9 Å². The molecule has 144 valence electrons. The van der Waals surface area contributed by atoms with E-state index in [9.17, 15) is 13.2 Å². The van der Waals surface area contributed by atoms with Crippen LogP contribution in [0.25, 0.3) is 0 Å². The molecule has 27 heavy (non-hydrogen) atoms. The van der Waals surface area contributed by atoms with E-state index < -0.39 is 16.1 Å². The molecule has 0 saturated heterocycles. The lowest BCUT2D eigenvalue weighted by molar-refractivity contribution is -0.122. The minimum atomic E-state index is -3.59. The fraction of sp³-hybridized carbons (Fsp3) is 0.250. The Morgan fingerprint density at radius 2 is 1.78 bits per heavy atom. The number of anilines is 1. The van der Waals surface area contributed by atoms with E-state index >= 15 is 0 Å². The van der Waals surface area contributed by atoms with Gasteiger partial charge in [-0.25, -0.2) is 13.1 Å². The molecule has 6 nitrogen and oxygen atoms in total. The molecule has 0 saturated carbocycles. The van der Waals surface area contributed by atoms with E-state index in [2.05, 4.69) is 16.6 Å². The van der Waals surface area contributed by atoms with Crippen molar-refractivity contribution in [2.24, 2.45) is 0 Å². The van der Waals surface area contributed by atoms with Crippen molar-refractivity contribution in [2.45, 2.75) is 31.3 Å². The molecule has 0 radical (unpaired) electrons. The maximum Gasteiger partial charge on any atom is 0.265 e. The number of hydrogen-bond donors (Lipinski definition) is 2. The summed E-state index contributed by atoms with van der Waals surface area (Å²) in [4.78, 5) is 12.6. The standard InChI is InChI=1S/C20H24N2O4S/c1-4-14-21-27(24,25)18-12-8-16(9-13-18)22-20(23)19(5-2)26-17-10-6-15(3)7-11-17/h4,6-13,19,21H,1,5,14H2,2-3H3,(H,22,23). The monoisotopic (exact) mass is 388 g/mol. The first-order valence-corrected chi connectivity index (χ1v) is 10.1. The molecular weight excluding hydrogens is 364 g/mol. The van der Waals surface area contributed by atoms with Crippen LogP contribution in [0.5, 0.6) is 5.75 Å². The highest BCUT2D eigenvalue weighted by Crippen LogP contribution is 2.17. The largest absolute Gasteiger partial charge is 0.481 e. The van der Waals surface area contributed by atoms with Crippen molar-refractivity contribution >= 4 is 21.6 Å². The van der Waals surface area contributed by atoms with Gasteiger partial charge < -0.3 is 10.1 Å². The number of hydrogen-bond acceptors (Lipinski definition) is 4. The van der Waals surface area contributed by atoms with Crippen LogP contribution in [0.3, 0.4) is 0 Å². The predicted molar refractivity (Wildman–Crippen MR) is 106 cm³/mol. The topological polar surface area (TPSA) is 84.5 Å². The van der Waals surface area contributed by atoms with Crippen molar-refractivity contribution in [2.75, 3.05) is 11.9 Å². The number of ether oxygens (including phenoxy) is 1. The molecule has 2 N–H and O–H groups in total. The maximum absolute atomic E-state index is 12.5. The second-order valence-corrected chi connectivity index (χ2v) is 7.75. The van der Waals surface area contributed by atoms with E-state index in [1.54, 1.807) is 12.1 Å². The van der Waals surface area contributed by atoms with Gasteiger partial charge in [-0.15, -0.1) is 6.58 Å². The van der Waals surface area contributed by atoms with E-state index in [0.717, 1.165) is 5.56 Å². The second-order valence-electron chi connectivity index (χ2n) is 5.98. The number of benzene rings is 2. The Morgan fingerprint density at radius 3 is 2.33 bits per heavy atom. The molecule has 7 heteroatoms. The van der Waals surface area contributed by atoms with Gasteiger partial charge in [-0.2, -0.15) is 0 Å². The van der Waals surface area contributed by atoms with Crippen LogP contribution in [0.15, 0.2) is 66.1 Å². The summed E-state index contributed by atoms with van der Waals surface area (Å²) in [6.45, 7) is 7.46. The van der Waals surface area contributed by atoms with Gasteiger partial charge in [0.25, 0.3) is 5.91 Å². The molecule has 0 bridgehead atoms. The number of carbonyl (C=O) groups excluding carboxylic acids is 1. The van der Waals surface area contributed by atoms with E-state index in [4.69, 9.17) is 4.74 Å². The van der Waals surface area contributed by atoms with Gasteiger partial charge in [0.2, 0.25) is 10.0 Å². The van der Waals surface area contributed by atoms with Gasteiger partial charge in [0.05, 0.1) is 4.90 Å². The zero-order valence-corrected chi connectivity index (χ0v) is 16.3. The number of carbonyl (C=O) groups is 1. The Kier molecular flexibility index (Phi) is 7.15. The van der Waals surface area contributed by atoms with Crippen molar-refractivity contribution < 1.29 is 17.9 Å². The molecule has 1 atom stereocenters. The van der Waals surface area contributed by atoms with Gasteiger partial charge in [0.1, 0.15) is 5.75 Å². The minimum Gasteiger partial charge on any atom is -0.481 e. The summed E-state index contributed by atoms with van der Waals surface area (Å²) in [5.41, 5.74) is 1.60. The van der Waals surface area contributed by atoms with Gasteiger partial charge >= 0.3 is 0 Å². The van der Waals surface area contributed by atoms with Crippen LogP contribution in [-0.4, -0.2) is 27.0 Å². The lowest BCUT2D eigenvalue weighted by atomic mass is 10.2. The Morgan fingerprint density at radius 1 is 1.15 bits per heavy atom. The van der Waals surface area contributed by atoms with Crippen LogP contribution in [0.2, 0.25) is 0 Å². The molecule has 1 amide bonds. The summed E-state index contributed by atoms with van der Waals surface area (Å²) in [5.74, 6) is 0.329. The van der Waals surface area contributed by atoms with E-state index in [-0.39, 0.29) is 17.3 Å². The molecule has 0 fully saturated rings. The van der Waals surface area contributed by atoms with Crippen molar-refractivity contribution in [1.82, 2.24) is 4.72 Å². The molecule has 1 unspecified atom stereocenters. The summed E-state index contributed by atoms with van der Waals surface area (Å²) in [7, 11) is -3.59. The molecule has 0 aliphatic heterocycles. The highest BCUT2D eigenvalue weighted by Gasteiger charge is 2.19. The van der Waals surface area contributed by atoms with Crippen LogP contribution < -0.4 is 14.8 Å². The molecule has 2 aromatic carbocycles. The molecule has 0 heterocycles. The third-order valence-electron chi connectivity index (χ3n) is 3.81. The lowest BCUT2D eigenvalue weighted by Crippen LogP contribution is -2.32. The fourth-order valence-electron chi connectivity index (χ4n) is 2.30. The maximum atomic E-state index is 12.5. The summed E-state index contributed by atoms with van der Waals surface area (Å²) in [5, 5.41) is 2.75. The third kappa shape index (κ3) is 5.94. The molecular formula is C20H24N2O4S. The molecule has 0 aromatic heterocycles. The summed E-state index contributed by atoms with van der Waals surface area (Å²) in [6.07, 6.45) is 1.31. The summed E-state index contributed by atoms with van der Waals surface area (Å²) >= 11 is 0.